The van der Waals surface area contributed by atoms with Gasteiger partial charge in [-0.3, -0.25) is 0 Å². The van der Waals surface area contributed by atoms with E-state index >= 15 is 4.79 Å². The molecule has 4 aliphatic carbocycles. The number of ketones is 1. The maximum atomic E-state index is 15.6. The molecule has 0 unspecified atom stereocenters. The van der Waals surface area contributed by atoms with Gasteiger partial charge in [-0.05, 0) is 0 Å². The molecule has 224 valence electrons. The van der Waals surface area contributed by atoms with E-state index in [9.17, 15) is 10.1 Å². The second-order valence-corrected chi connectivity index (χ2v) is 21.0. The number of rotatable bonds is 7. The third kappa shape index (κ3) is 3.82. The van der Waals surface area contributed by atoms with Gasteiger partial charge >= 0.3 is 258 Å². The minimum absolute atomic E-state index is 0.0151. The summed E-state index contributed by atoms with van der Waals surface area (Å²) in [7, 11) is -2.35. The Morgan fingerprint density at radius 2 is 1.81 bits per heavy atom. The Morgan fingerprint density at radius 1 is 1.14 bits per heavy atom. The molecule has 2 spiro atoms. The van der Waals surface area contributed by atoms with Gasteiger partial charge in [0.25, 0.3) is 0 Å². The Balaban J connectivity index is 1.68. The van der Waals surface area contributed by atoms with Gasteiger partial charge < -0.3 is 0 Å². The van der Waals surface area contributed by atoms with Crippen LogP contribution < -0.4 is 4.46 Å². The van der Waals surface area contributed by atoms with Crippen LogP contribution in [0.3, 0.4) is 0 Å². The van der Waals surface area contributed by atoms with E-state index in [1.165, 1.54) is 4.46 Å². The van der Waals surface area contributed by atoms with E-state index in [0.717, 1.165) is 35.7 Å². The summed E-state index contributed by atoms with van der Waals surface area (Å²) in [5.41, 5.74) is -0.760. The molecule has 1 aromatic carbocycles. The molecule has 1 saturated heterocycles. The number of hydrogen-bond donors (Lipinski definition) is 0. The number of nitriles is 1. The number of carbonyl (C=O) groups is 2. The third-order valence-electron chi connectivity index (χ3n) is 11.9. The van der Waals surface area contributed by atoms with Gasteiger partial charge in [-0.2, -0.15) is 0 Å². The van der Waals surface area contributed by atoms with Crippen molar-refractivity contribution >= 4 is 39.7 Å². The summed E-state index contributed by atoms with van der Waals surface area (Å²) in [5.74, 6) is 0.341. The van der Waals surface area contributed by atoms with Crippen LogP contribution in [0.1, 0.15) is 54.9 Å². The Bertz CT molecular complexity index is 1390. The molecule has 0 amide bonds. The van der Waals surface area contributed by atoms with E-state index in [1.54, 1.807) is 6.08 Å². The molecule has 0 aromatic heterocycles. The molecule has 8 heteroatoms. The monoisotopic (exact) mass is 653 g/mol. The standard InChI is InChI=1S/C34H43NO5SeSi/c1-8-42(9-2,10-3)40-30-23(16-17-35)27(41-22-14-12-11-13-15-22)25-26-24(32(26,6)7)18-21(5)33(28(25)36)19-20(4)29-34(30,33)39-31(37)38-29/h11-16,19,21,24-27,29-30H,8-10,18H2,1-7H3/b23-16+/t21-,24-,25+,26-,27+,29+,30-,33+,34-/m1/s1. The van der Waals surface area contributed by atoms with Gasteiger partial charge in [0.05, 0.1) is 0 Å². The van der Waals surface area contributed by atoms with Gasteiger partial charge in [-0.25, -0.2) is 0 Å². The van der Waals surface area contributed by atoms with E-state index in [-0.39, 0.29) is 48.7 Å². The predicted octanol–water partition coefficient (Wildman–Crippen LogP) is 6.38. The fraction of sp³-hybridized carbons (Fsp3) is 0.618. The van der Waals surface area contributed by atoms with E-state index in [2.05, 4.69) is 65.8 Å². The molecule has 4 fully saturated rings. The van der Waals surface area contributed by atoms with E-state index in [4.69, 9.17) is 13.9 Å². The number of Topliss-reactive ketones (excluding diaryl/α,β-unsaturated/α-hetero) is 1. The first-order valence-corrected chi connectivity index (χ1v) is 20.0. The zero-order chi connectivity index (χ0) is 30.2. The van der Waals surface area contributed by atoms with Crippen molar-refractivity contribution in [2.75, 3.05) is 0 Å². The van der Waals surface area contributed by atoms with Gasteiger partial charge in [0.15, 0.2) is 0 Å². The first kappa shape index (κ1) is 29.9. The summed E-state index contributed by atoms with van der Waals surface area (Å²) in [6.45, 7) is 15.3. The summed E-state index contributed by atoms with van der Waals surface area (Å²) in [4.78, 5) is 28.7. The number of hydrogen-bond acceptors (Lipinski definition) is 6. The molecule has 1 aliphatic heterocycles. The average Bonchev–Trinajstić information content (AvgIpc) is 3.23. The zero-order valence-corrected chi connectivity index (χ0v) is 28.5. The van der Waals surface area contributed by atoms with Gasteiger partial charge in [-0.1, -0.05) is 0 Å². The van der Waals surface area contributed by atoms with Crippen molar-refractivity contribution in [3.05, 3.63) is 53.6 Å². The zero-order valence-electron chi connectivity index (χ0n) is 25.8. The molecular weight excluding hydrogens is 609 g/mol. The Hall–Kier alpha value is -2.17. The SMILES string of the molecule is CC[Si](CC)(CC)O[C@@H]1/C(=C/C#N)[C@H]([Se]c2ccccc2)[C@H]2C(=O)[C@]3(C=C(C)[C@@H]4OC(=O)O[C@@]143)[C@H](C)C[C@@H]1[C@H]2C1(C)C. The molecule has 2 bridgehead atoms. The topological polar surface area (TPSA) is 85.6 Å². The molecule has 6 nitrogen and oxygen atoms in total. The van der Waals surface area contributed by atoms with Crippen molar-refractivity contribution in [2.24, 2.45) is 34.5 Å². The number of carbonyl (C=O) groups excluding carboxylic acids is 2. The molecule has 9 atom stereocenters. The van der Waals surface area contributed by atoms with E-state index in [1.807, 2.05) is 25.1 Å². The van der Waals surface area contributed by atoms with E-state index in [0.29, 0.717) is 5.92 Å². The fourth-order valence-electron chi connectivity index (χ4n) is 9.43. The summed E-state index contributed by atoms with van der Waals surface area (Å²) < 4.78 is 21.1. The Morgan fingerprint density at radius 3 is 2.43 bits per heavy atom. The normalized spacial score (nSPS) is 40.5. The van der Waals surface area contributed by atoms with Crippen molar-refractivity contribution in [3.63, 3.8) is 0 Å². The summed E-state index contributed by atoms with van der Waals surface area (Å²) in [5, 5.41) is 10.4. The van der Waals surface area contributed by atoms with Gasteiger partial charge in [0.1, 0.15) is 0 Å². The molecule has 6 rings (SSSR count). The molecule has 1 heterocycles. The van der Waals surface area contributed by atoms with Crippen LogP contribution >= 0.6 is 0 Å². The Labute approximate surface area is 257 Å². The third-order valence-corrected chi connectivity index (χ3v) is 19.3. The van der Waals surface area contributed by atoms with Crippen LogP contribution in [0.25, 0.3) is 0 Å². The van der Waals surface area contributed by atoms with Crippen LogP contribution in [0.2, 0.25) is 22.9 Å². The number of fused-ring (bicyclic) bond motifs is 3. The molecule has 0 radical (unpaired) electrons. The molecule has 0 N–H and O–H groups in total. The average molecular weight is 653 g/mol. The maximum absolute atomic E-state index is 15.6. The van der Waals surface area contributed by atoms with Gasteiger partial charge in [0, 0.05) is 0 Å². The fourth-order valence-corrected chi connectivity index (χ4v) is 15.1. The second-order valence-electron chi connectivity index (χ2n) is 13.7. The summed E-state index contributed by atoms with van der Waals surface area (Å²) in [6.07, 6.45) is 2.42. The van der Waals surface area contributed by atoms with Crippen molar-refractivity contribution in [1.82, 2.24) is 0 Å². The molecule has 5 aliphatic rings. The van der Waals surface area contributed by atoms with Crippen LogP contribution in [0.15, 0.2) is 53.6 Å². The number of nitrogens with zero attached hydrogens (tertiary/aromatic N) is 1. The van der Waals surface area contributed by atoms with Crippen molar-refractivity contribution in [3.8, 4) is 6.07 Å². The van der Waals surface area contributed by atoms with Crippen LogP contribution in [0, 0.1) is 45.8 Å². The first-order chi connectivity index (χ1) is 20.0. The molecular formula is C34H43NO5SeSi. The van der Waals surface area contributed by atoms with Crippen LogP contribution in [-0.2, 0) is 18.7 Å². The summed E-state index contributed by atoms with van der Waals surface area (Å²) in [6, 6.07) is 15.4. The summed E-state index contributed by atoms with van der Waals surface area (Å²) >= 11 is -0.161. The van der Waals surface area contributed by atoms with E-state index < -0.39 is 37.7 Å². The van der Waals surface area contributed by atoms with Crippen LogP contribution in [0.4, 0.5) is 4.79 Å². The number of ether oxygens (including phenoxy) is 2. The van der Waals surface area contributed by atoms with Crippen LogP contribution in [-0.4, -0.2) is 53.0 Å². The minimum atomic E-state index is -2.35. The van der Waals surface area contributed by atoms with Crippen molar-refractivity contribution < 1.29 is 23.5 Å². The molecule has 42 heavy (non-hydrogen) atoms. The van der Waals surface area contributed by atoms with Crippen molar-refractivity contribution in [2.45, 2.75) is 95.6 Å². The van der Waals surface area contributed by atoms with Crippen molar-refractivity contribution in [1.29, 1.82) is 5.26 Å². The quantitative estimate of drug-likeness (QED) is 0.147. The Kier molecular flexibility index (Phi) is 7.25. The first-order valence-electron chi connectivity index (χ1n) is 15.6. The molecule has 3 saturated carbocycles. The van der Waals surface area contributed by atoms with Gasteiger partial charge in [-0.15, -0.1) is 0 Å². The van der Waals surface area contributed by atoms with Crippen LogP contribution in [0.5, 0.6) is 0 Å². The number of benzene rings is 1. The number of allylic oxidation sites excluding steroid dienone is 1. The second kappa shape index (κ2) is 10.2. The van der Waals surface area contributed by atoms with Gasteiger partial charge in [0.2, 0.25) is 0 Å². The molecule has 1 aromatic rings. The predicted molar refractivity (Wildman–Crippen MR) is 165 cm³/mol.